The number of nitrogens with zero attached hydrogens (tertiary/aromatic N) is 1. The van der Waals surface area contributed by atoms with E-state index < -0.39 is 0 Å². The molecule has 0 heterocycles. The van der Waals surface area contributed by atoms with Crippen molar-refractivity contribution in [3.63, 3.8) is 0 Å². The normalized spacial score (nSPS) is 10.4. The van der Waals surface area contributed by atoms with E-state index in [1.54, 1.807) is 54.5 Å². The Kier molecular flexibility index (Phi) is 9.09. The Morgan fingerprint density at radius 2 is 1.60 bits per heavy atom. The van der Waals surface area contributed by atoms with Crippen LogP contribution in [0.25, 0.3) is 0 Å². The van der Waals surface area contributed by atoms with Crippen molar-refractivity contribution in [1.29, 1.82) is 0 Å². The highest BCUT2D eigenvalue weighted by atomic mass is 16.5. The zero-order valence-electron chi connectivity index (χ0n) is 20.2. The minimum atomic E-state index is -0.277. The molecule has 0 aliphatic rings. The van der Waals surface area contributed by atoms with Gasteiger partial charge in [0.05, 0.1) is 26.9 Å². The molecule has 0 aromatic heterocycles. The Labute approximate surface area is 205 Å². The number of amides is 2. The van der Waals surface area contributed by atoms with Crippen molar-refractivity contribution >= 4 is 17.5 Å². The molecule has 0 bridgehead atoms. The minimum Gasteiger partial charge on any atom is -0.496 e. The predicted octanol–water partition coefficient (Wildman–Crippen LogP) is 3.96. The highest BCUT2D eigenvalue weighted by Gasteiger charge is 2.19. The Morgan fingerprint density at radius 3 is 2.31 bits per heavy atom. The number of hydrogen-bond donors (Lipinski definition) is 2. The standard InChI is InChI=1S/C27H31N3O5/c1-33-23-11-5-4-10-22(23)26(31)29-21-9-6-8-19(16-21)18-30(15-7-14-28)27(32)20-12-13-24(34-2)25(17-20)35-3/h4-6,8-13,16-17H,7,14-15,18,28H2,1-3H3,(H,29,31). The third-order valence-corrected chi connectivity index (χ3v) is 5.46. The van der Waals surface area contributed by atoms with Gasteiger partial charge in [0, 0.05) is 24.3 Å². The maximum absolute atomic E-state index is 13.3. The van der Waals surface area contributed by atoms with Crippen molar-refractivity contribution in [1.82, 2.24) is 4.90 Å². The van der Waals surface area contributed by atoms with Gasteiger partial charge in [-0.25, -0.2) is 0 Å². The summed E-state index contributed by atoms with van der Waals surface area (Å²) in [4.78, 5) is 27.9. The molecule has 2 amide bonds. The first-order valence-electron chi connectivity index (χ1n) is 11.2. The molecule has 3 rings (SSSR count). The first-order chi connectivity index (χ1) is 17.0. The lowest BCUT2D eigenvalue weighted by atomic mass is 10.1. The van der Waals surface area contributed by atoms with Gasteiger partial charge >= 0.3 is 0 Å². The van der Waals surface area contributed by atoms with Crippen LogP contribution in [0, 0.1) is 0 Å². The molecule has 0 saturated carbocycles. The van der Waals surface area contributed by atoms with Gasteiger partial charge in [0.2, 0.25) is 0 Å². The van der Waals surface area contributed by atoms with Crippen molar-refractivity contribution in [3.8, 4) is 17.2 Å². The number of rotatable bonds is 11. The highest BCUT2D eigenvalue weighted by molar-refractivity contribution is 6.06. The fraction of sp³-hybridized carbons (Fsp3) is 0.259. The van der Waals surface area contributed by atoms with Crippen molar-refractivity contribution in [2.24, 2.45) is 5.73 Å². The molecule has 184 valence electrons. The summed E-state index contributed by atoms with van der Waals surface area (Å²) in [5.41, 5.74) is 8.13. The van der Waals surface area contributed by atoms with Gasteiger partial charge in [-0.3, -0.25) is 9.59 Å². The van der Waals surface area contributed by atoms with E-state index in [1.807, 2.05) is 24.3 Å². The number of benzene rings is 3. The number of anilines is 1. The summed E-state index contributed by atoms with van der Waals surface area (Å²) >= 11 is 0. The van der Waals surface area contributed by atoms with Crippen molar-refractivity contribution in [2.75, 3.05) is 39.7 Å². The molecular weight excluding hydrogens is 446 g/mol. The van der Waals surface area contributed by atoms with Crippen LogP contribution in [0.2, 0.25) is 0 Å². The second-order valence-corrected chi connectivity index (χ2v) is 7.79. The SMILES string of the molecule is COc1ccc(C(=O)N(CCCN)Cc2cccc(NC(=O)c3ccccc3OC)c2)cc1OC. The monoisotopic (exact) mass is 477 g/mol. The molecule has 8 heteroatoms. The van der Waals surface area contributed by atoms with Crippen molar-refractivity contribution < 1.29 is 23.8 Å². The number of nitrogens with two attached hydrogens (primary N) is 1. The van der Waals surface area contributed by atoms with Crippen LogP contribution >= 0.6 is 0 Å². The summed E-state index contributed by atoms with van der Waals surface area (Å²) in [5, 5.41) is 2.91. The van der Waals surface area contributed by atoms with Crippen LogP contribution in [0.1, 0.15) is 32.7 Å². The summed E-state index contributed by atoms with van der Waals surface area (Å²) in [6, 6.07) is 19.5. The number of ether oxygens (including phenoxy) is 3. The van der Waals surface area contributed by atoms with E-state index >= 15 is 0 Å². The molecule has 3 N–H and O–H groups in total. The van der Waals surface area contributed by atoms with Gasteiger partial charge in [-0.15, -0.1) is 0 Å². The highest BCUT2D eigenvalue weighted by Crippen LogP contribution is 2.28. The minimum absolute atomic E-state index is 0.150. The smallest absolute Gasteiger partial charge is 0.259 e. The van der Waals surface area contributed by atoms with E-state index in [1.165, 1.54) is 14.2 Å². The number of carbonyl (C=O) groups is 2. The molecule has 0 aliphatic heterocycles. The molecule has 0 saturated heterocycles. The molecule has 0 spiro atoms. The molecule has 0 unspecified atom stereocenters. The maximum atomic E-state index is 13.3. The van der Waals surface area contributed by atoms with Gasteiger partial charge in [0.15, 0.2) is 11.5 Å². The second kappa shape index (κ2) is 12.4. The van der Waals surface area contributed by atoms with Gasteiger partial charge in [-0.1, -0.05) is 24.3 Å². The zero-order chi connectivity index (χ0) is 25.2. The topological polar surface area (TPSA) is 103 Å². The number of carbonyl (C=O) groups excluding carboxylic acids is 2. The quantitative estimate of drug-likeness (QED) is 0.433. The Morgan fingerprint density at radius 1 is 0.857 bits per heavy atom. The Hall–Kier alpha value is -4.04. The molecule has 3 aromatic carbocycles. The predicted molar refractivity (Wildman–Crippen MR) is 135 cm³/mol. The number of para-hydroxylation sites is 1. The van der Waals surface area contributed by atoms with Crippen LogP contribution in [0.4, 0.5) is 5.69 Å². The molecule has 0 atom stereocenters. The van der Waals surface area contributed by atoms with Gasteiger partial charge in [0.25, 0.3) is 11.8 Å². The van der Waals surface area contributed by atoms with Crippen LogP contribution < -0.4 is 25.3 Å². The Balaban J connectivity index is 1.79. The summed E-state index contributed by atoms with van der Waals surface area (Å²) in [5.74, 6) is 1.10. The lowest BCUT2D eigenvalue weighted by Crippen LogP contribution is -2.32. The fourth-order valence-electron chi connectivity index (χ4n) is 3.68. The molecule has 0 aliphatic carbocycles. The summed E-state index contributed by atoms with van der Waals surface area (Å²) in [6.07, 6.45) is 0.656. The van der Waals surface area contributed by atoms with E-state index in [0.717, 1.165) is 5.56 Å². The lowest BCUT2D eigenvalue weighted by Gasteiger charge is -2.23. The van der Waals surface area contributed by atoms with E-state index in [-0.39, 0.29) is 11.8 Å². The van der Waals surface area contributed by atoms with E-state index in [4.69, 9.17) is 19.9 Å². The molecule has 0 radical (unpaired) electrons. The first kappa shape index (κ1) is 25.6. The first-order valence-corrected chi connectivity index (χ1v) is 11.2. The zero-order valence-corrected chi connectivity index (χ0v) is 20.2. The molecule has 8 nitrogen and oxygen atoms in total. The average molecular weight is 478 g/mol. The maximum Gasteiger partial charge on any atom is 0.259 e. The van der Waals surface area contributed by atoms with Crippen LogP contribution in [0.5, 0.6) is 17.2 Å². The van der Waals surface area contributed by atoms with Gasteiger partial charge in [-0.2, -0.15) is 0 Å². The van der Waals surface area contributed by atoms with E-state index in [2.05, 4.69) is 5.32 Å². The number of methoxy groups -OCH3 is 3. The fourth-order valence-corrected chi connectivity index (χ4v) is 3.68. The Bertz CT molecular complexity index is 1170. The van der Waals surface area contributed by atoms with Crippen LogP contribution in [-0.2, 0) is 6.54 Å². The van der Waals surface area contributed by atoms with Crippen LogP contribution in [0.15, 0.2) is 66.7 Å². The molecular formula is C27H31N3O5. The number of hydrogen-bond acceptors (Lipinski definition) is 6. The molecule has 35 heavy (non-hydrogen) atoms. The largest absolute Gasteiger partial charge is 0.496 e. The number of nitrogens with one attached hydrogen (secondary N) is 1. The third-order valence-electron chi connectivity index (χ3n) is 5.46. The van der Waals surface area contributed by atoms with Crippen LogP contribution in [0.3, 0.4) is 0 Å². The second-order valence-electron chi connectivity index (χ2n) is 7.79. The third kappa shape index (κ3) is 6.51. The van der Waals surface area contributed by atoms with Gasteiger partial charge in [-0.05, 0) is 61.0 Å². The van der Waals surface area contributed by atoms with Gasteiger partial charge in [0.1, 0.15) is 5.75 Å². The average Bonchev–Trinajstić information content (AvgIpc) is 2.90. The van der Waals surface area contributed by atoms with Crippen molar-refractivity contribution in [3.05, 3.63) is 83.4 Å². The van der Waals surface area contributed by atoms with Crippen molar-refractivity contribution in [2.45, 2.75) is 13.0 Å². The van der Waals surface area contributed by atoms with E-state index in [9.17, 15) is 9.59 Å². The molecule has 3 aromatic rings. The van der Waals surface area contributed by atoms with Gasteiger partial charge < -0.3 is 30.2 Å². The lowest BCUT2D eigenvalue weighted by molar-refractivity contribution is 0.0741. The summed E-state index contributed by atoms with van der Waals surface area (Å²) in [6.45, 7) is 1.30. The molecule has 0 fully saturated rings. The van der Waals surface area contributed by atoms with Crippen LogP contribution in [-0.4, -0.2) is 51.1 Å². The van der Waals surface area contributed by atoms with E-state index in [0.29, 0.717) is 60.1 Å². The summed E-state index contributed by atoms with van der Waals surface area (Å²) < 4.78 is 15.9. The summed E-state index contributed by atoms with van der Waals surface area (Å²) in [7, 11) is 4.60.